The van der Waals surface area contributed by atoms with Crippen LogP contribution in [0.25, 0.3) is 5.69 Å². The normalized spacial score (nSPS) is 19.3. The van der Waals surface area contributed by atoms with Crippen LogP contribution >= 0.6 is 0 Å². The molecule has 0 radical (unpaired) electrons. The molecule has 31 heavy (non-hydrogen) atoms. The summed E-state index contributed by atoms with van der Waals surface area (Å²) in [7, 11) is 0. The van der Waals surface area contributed by atoms with Crippen LogP contribution in [0, 0.1) is 0 Å². The maximum absolute atomic E-state index is 13.4. The van der Waals surface area contributed by atoms with Gasteiger partial charge in [-0.05, 0) is 31.9 Å². The van der Waals surface area contributed by atoms with E-state index in [4.69, 9.17) is 0 Å². The van der Waals surface area contributed by atoms with Crippen molar-refractivity contribution in [3.8, 4) is 5.69 Å². The van der Waals surface area contributed by atoms with Crippen molar-refractivity contribution in [1.82, 2.24) is 29.9 Å². The van der Waals surface area contributed by atoms with E-state index in [0.29, 0.717) is 17.8 Å². The molecule has 3 heterocycles. The van der Waals surface area contributed by atoms with Crippen molar-refractivity contribution in [1.29, 1.82) is 0 Å². The van der Waals surface area contributed by atoms with Crippen LogP contribution in [0.2, 0.25) is 0 Å². The van der Waals surface area contributed by atoms with Gasteiger partial charge in [-0.3, -0.25) is 4.79 Å². The molecule has 1 amide bonds. The Kier molecular flexibility index (Phi) is 5.57. The van der Waals surface area contributed by atoms with Crippen molar-refractivity contribution in [2.45, 2.75) is 38.0 Å². The van der Waals surface area contributed by atoms with Crippen LogP contribution in [0.15, 0.2) is 49.1 Å². The van der Waals surface area contributed by atoms with Crippen molar-refractivity contribution >= 4 is 11.9 Å². The number of hydrogen-bond acceptors (Lipinski definition) is 6. The molecule has 3 aromatic rings. The molecule has 2 atom stereocenters. The van der Waals surface area contributed by atoms with E-state index < -0.39 is 11.7 Å². The first-order valence-electron chi connectivity index (χ1n) is 9.77. The Morgan fingerprint density at radius 2 is 1.81 bits per heavy atom. The van der Waals surface area contributed by atoms with Gasteiger partial charge in [0.2, 0.25) is 5.95 Å². The Hall–Kier alpha value is -3.50. The number of halogens is 3. The average molecular weight is 431 g/mol. The van der Waals surface area contributed by atoms with E-state index in [1.807, 2.05) is 6.92 Å². The Bertz CT molecular complexity index is 1040. The lowest BCUT2D eigenvalue weighted by atomic mass is 9.96. The number of rotatable bonds is 4. The number of anilines is 1. The molecule has 1 aromatic carbocycles. The summed E-state index contributed by atoms with van der Waals surface area (Å²) in [6, 6.07) is 6.65. The van der Waals surface area contributed by atoms with Crippen LogP contribution in [0.5, 0.6) is 0 Å². The highest BCUT2D eigenvalue weighted by atomic mass is 19.4. The summed E-state index contributed by atoms with van der Waals surface area (Å²) in [4.78, 5) is 24.1. The number of alkyl halides is 3. The summed E-state index contributed by atoms with van der Waals surface area (Å²) >= 11 is 0. The lowest BCUT2D eigenvalue weighted by Gasteiger charge is -2.40. The second kappa shape index (κ2) is 8.32. The van der Waals surface area contributed by atoms with Crippen LogP contribution in [0.4, 0.5) is 19.1 Å². The van der Waals surface area contributed by atoms with Crippen molar-refractivity contribution in [2.75, 3.05) is 11.9 Å². The predicted octanol–water partition coefficient (Wildman–Crippen LogP) is 3.18. The SMILES string of the molecule is C[C@H]1[C@H](Nc2ncc(C(F)(F)F)cn2)CCCN1C(=O)c1ccccc1-n1nccn1. The van der Waals surface area contributed by atoms with E-state index in [1.165, 1.54) is 17.2 Å². The van der Waals surface area contributed by atoms with Gasteiger partial charge in [-0.15, -0.1) is 0 Å². The van der Waals surface area contributed by atoms with Gasteiger partial charge in [-0.1, -0.05) is 12.1 Å². The van der Waals surface area contributed by atoms with E-state index in [-0.39, 0.29) is 23.9 Å². The summed E-state index contributed by atoms with van der Waals surface area (Å²) in [6.07, 6.45) is 1.55. The Balaban J connectivity index is 1.52. The molecule has 8 nitrogen and oxygen atoms in total. The Morgan fingerprint density at radius 1 is 1.13 bits per heavy atom. The first-order chi connectivity index (χ1) is 14.8. The van der Waals surface area contributed by atoms with Crippen molar-refractivity contribution < 1.29 is 18.0 Å². The zero-order valence-electron chi connectivity index (χ0n) is 16.6. The molecular weight excluding hydrogens is 411 g/mol. The second-order valence-electron chi connectivity index (χ2n) is 7.26. The minimum absolute atomic E-state index is 0.0975. The highest BCUT2D eigenvalue weighted by Crippen LogP contribution is 2.29. The predicted molar refractivity (Wildman–Crippen MR) is 106 cm³/mol. The number of hydrogen-bond donors (Lipinski definition) is 1. The molecule has 0 spiro atoms. The quantitative estimate of drug-likeness (QED) is 0.683. The molecule has 0 unspecified atom stereocenters. The van der Waals surface area contributed by atoms with Gasteiger partial charge in [0.15, 0.2) is 0 Å². The summed E-state index contributed by atoms with van der Waals surface area (Å²) < 4.78 is 38.2. The fraction of sp³-hybridized carbons (Fsp3) is 0.350. The topological polar surface area (TPSA) is 88.8 Å². The van der Waals surface area contributed by atoms with Gasteiger partial charge in [0, 0.05) is 31.0 Å². The third kappa shape index (κ3) is 4.35. The molecule has 1 aliphatic heterocycles. The highest BCUT2D eigenvalue weighted by Gasteiger charge is 2.34. The summed E-state index contributed by atoms with van der Waals surface area (Å²) in [5.74, 6) is -0.0690. The van der Waals surface area contributed by atoms with Crippen molar-refractivity contribution in [3.05, 3.63) is 60.2 Å². The molecule has 1 aliphatic rings. The second-order valence-corrected chi connectivity index (χ2v) is 7.26. The Morgan fingerprint density at radius 3 is 2.48 bits per heavy atom. The molecule has 4 rings (SSSR count). The van der Waals surface area contributed by atoms with Gasteiger partial charge in [0.25, 0.3) is 5.91 Å². The summed E-state index contributed by atoms with van der Waals surface area (Å²) in [5.41, 5.74) is 0.137. The van der Waals surface area contributed by atoms with E-state index in [0.717, 1.165) is 25.2 Å². The van der Waals surface area contributed by atoms with E-state index in [9.17, 15) is 18.0 Å². The number of nitrogens with zero attached hydrogens (tertiary/aromatic N) is 6. The van der Waals surface area contributed by atoms with E-state index in [1.54, 1.807) is 29.2 Å². The highest BCUT2D eigenvalue weighted by molar-refractivity contribution is 5.98. The minimum Gasteiger partial charge on any atom is -0.349 e. The molecule has 0 bridgehead atoms. The number of likely N-dealkylation sites (tertiary alicyclic amines) is 1. The molecule has 1 N–H and O–H groups in total. The molecular formula is C20H20F3N7O. The fourth-order valence-corrected chi connectivity index (χ4v) is 3.66. The van der Waals surface area contributed by atoms with Crippen LogP contribution in [0.3, 0.4) is 0 Å². The zero-order chi connectivity index (χ0) is 22.0. The van der Waals surface area contributed by atoms with Crippen LogP contribution in [-0.4, -0.2) is 54.4 Å². The number of piperidine rings is 1. The lowest BCUT2D eigenvalue weighted by Crippen LogP contribution is -2.52. The van der Waals surface area contributed by atoms with E-state index >= 15 is 0 Å². The van der Waals surface area contributed by atoms with E-state index in [2.05, 4.69) is 25.5 Å². The maximum atomic E-state index is 13.4. The van der Waals surface area contributed by atoms with Gasteiger partial charge in [-0.25, -0.2) is 9.97 Å². The molecule has 0 aliphatic carbocycles. The number of nitrogens with one attached hydrogen (secondary N) is 1. The number of benzene rings is 1. The van der Waals surface area contributed by atoms with Crippen LogP contribution in [-0.2, 0) is 6.18 Å². The van der Waals surface area contributed by atoms with Crippen molar-refractivity contribution in [2.24, 2.45) is 0 Å². The maximum Gasteiger partial charge on any atom is 0.419 e. The molecule has 0 saturated carbocycles. The molecule has 1 saturated heterocycles. The van der Waals surface area contributed by atoms with Gasteiger partial charge < -0.3 is 10.2 Å². The van der Waals surface area contributed by atoms with Gasteiger partial charge in [0.1, 0.15) is 0 Å². The summed E-state index contributed by atoms with van der Waals surface area (Å²) in [6.45, 7) is 2.46. The molecule has 162 valence electrons. The third-order valence-electron chi connectivity index (χ3n) is 5.31. The number of aromatic nitrogens is 5. The standard InChI is InChI=1S/C20H20F3N7O/c1-13-16(28-19-24-11-14(12-25-19)20(21,22)23)6-4-10-29(13)18(31)15-5-2-3-7-17(15)30-26-8-9-27-30/h2-3,5,7-9,11-13,16H,4,6,10H2,1H3,(H,24,25,28)/t13-,16+/m0/s1. The number of carbonyl (C=O) groups excluding carboxylic acids is 1. The Labute approximate surface area is 176 Å². The zero-order valence-corrected chi connectivity index (χ0v) is 16.6. The number of carbonyl (C=O) groups is 1. The lowest BCUT2D eigenvalue weighted by molar-refractivity contribution is -0.138. The third-order valence-corrected chi connectivity index (χ3v) is 5.31. The summed E-state index contributed by atoms with van der Waals surface area (Å²) in [5, 5.41) is 11.3. The average Bonchev–Trinajstić information content (AvgIpc) is 3.29. The fourth-order valence-electron chi connectivity index (χ4n) is 3.66. The molecule has 2 aromatic heterocycles. The van der Waals surface area contributed by atoms with Crippen molar-refractivity contribution in [3.63, 3.8) is 0 Å². The smallest absolute Gasteiger partial charge is 0.349 e. The molecule has 1 fully saturated rings. The minimum atomic E-state index is -4.49. The monoisotopic (exact) mass is 431 g/mol. The molecule has 11 heteroatoms. The van der Waals surface area contributed by atoms with Gasteiger partial charge in [0.05, 0.1) is 29.2 Å². The van der Waals surface area contributed by atoms with Gasteiger partial charge >= 0.3 is 6.18 Å². The van der Waals surface area contributed by atoms with Crippen LogP contribution < -0.4 is 5.32 Å². The first-order valence-corrected chi connectivity index (χ1v) is 9.77. The largest absolute Gasteiger partial charge is 0.419 e. The van der Waals surface area contributed by atoms with Gasteiger partial charge in [-0.2, -0.15) is 28.2 Å². The number of para-hydroxylation sites is 1. The first kappa shape index (κ1) is 20.8. The number of amides is 1. The van der Waals surface area contributed by atoms with Crippen LogP contribution in [0.1, 0.15) is 35.7 Å².